The van der Waals surface area contributed by atoms with Crippen molar-refractivity contribution in [2.24, 2.45) is 4.99 Å². The number of aliphatic imine (C=N–C) groups is 1. The molecule has 0 aliphatic carbocycles. The zero-order chi connectivity index (χ0) is 13.4. The molecular formula is C11H16N4O4. The van der Waals surface area contributed by atoms with Crippen molar-refractivity contribution in [3.63, 3.8) is 0 Å². The van der Waals surface area contributed by atoms with Crippen molar-refractivity contribution in [2.75, 3.05) is 18.5 Å². The highest BCUT2D eigenvalue weighted by atomic mass is 16.5. The van der Waals surface area contributed by atoms with Crippen molar-refractivity contribution >= 4 is 12.2 Å². The molecule has 1 aromatic heterocycles. The minimum Gasteiger partial charge on any atom is -0.394 e. The van der Waals surface area contributed by atoms with Crippen molar-refractivity contribution in [1.29, 1.82) is 0 Å². The first-order chi connectivity index (χ1) is 9.20. The van der Waals surface area contributed by atoms with Crippen molar-refractivity contribution < 1.29 is 20.1 Å². The van der Waals surface area contributed by atoms with Gasteiger partial charge >= 0.3 is 0 Å². The molecule has 8 nitrogen and oxygen atoms in total. The molecule has 3 heterocycles. The average molecular weight is 268 g/mol. The highest BCUT2D eigenvalue weighted by molar-refractivity contribution is 5.76. The van der Waals surface area contributed by atoms with Crippen molar-refractivity contribution in [2.45, 2.75) is 31.0 Å². The molecule has 19 heavy (non-hydrogen) atoms. The number of hydrogen-bond acceptors (Lipinski definition) is 7. The van der Waals surface area contributed by atoms with Gasteiger partial charge in [-0.15, -0.1) is 0 Å². The third-order valence-corrected chi connectivity index (χ3v) is 3.40. The molecule has 104 valence electrons. The maximum atomic E-state index is 9.89. The van der Waals surface area contributed by atoms with Crippen LogP contribution >= 0.6 is 0 Å². The van der Waals surface area contributed by atoms with Gasteiger partial charge in [0.2, 0.25) is 0 Å². The van der Waals surface area contributed by atoms with E-state index in [1.807, 2.05) is 0 Å². The Morgan fingerprint density at radius 3 is 3.05 bits per heavy atom. The summed E-state index contributed by atoms with van der Waals surface area (Å²) in [5, 5.41) is 31.7. The Morgan fingerprint density at radius 2 is 2.32 bits per heavy atom. The molecule has 2 aliphatic heterocycles. The van der Waals surface area contributed by atoms with Gasteiger partial charge in [-0.2, -0.15) is 0 Å². The highest BCUT2D eigenvalue weighted by Crippen LogP contribution is 2.34. The lowest BCUT2D eigenvalue weighted by Crippen LogP contribution is -2.24. The van der Waals surface area contributed by atoms with Gasteiger partial charge in [0.25, 0.3) is 0 Å². The predicted octanol–water partition coefficient (Wildman–Crippen LogP) is -0.989. The fraction of sp³-hybridized carbons (Fsp3) is 0.636. The van der Waals surface area contributed by atoms with E-state index >= 15 is 0 Å². The third-order valence-electron chi connectivity index (χ3n) is 3.40. The summed E-state index contributed by atoms with van der Waals surface area (Å²) in [7, 11) is 0. The van der Waals surface area contributed by atoms with Gasteiger partial charge in [-0.25, -0.2) is 4.98 Å². The Labute approximate surface area is 109 Å². The molecular weight excluding hydrogens is 252 g/mol. The summed E-state index contributed by atoms with van der Waals surface area (Å²) in [4.78, 5) is 8.15. The van der Waals surface area contributed by atoms with E-state index in [1.165, 1.54) is 6.34 Å². The van der Waals surface area contributed by atoms with E-state index in [4.69, 9.17) is 9.84 Å². The average Bonchev–Trinajstić information content (AvgIpc) is 2.93. The lowest BCUT2D eigenvalue weighted by Gasteiger charge is -2.16. The number of aliphatic hydroxyl groups is 3. The van der Waals surface area contributed by atoms with Crippen LogP contribution in [0, 0.1) is 0 Å². The summed E-state index contributed by atoms with van der Waals surface area (Å²) in [5.74, 6) is 0.601. The summed E-state index contributed by atoms with van der Waals surface area (Å²) >= 11 is 0. The topological polar surface area (TPSA) is 112 Å². The van der Waals surface area contributed by atoms with Crippen LogP contribution in [0.15, 0.2) is 11.3 Å². The van der Waals surface area contributed by atoms with Gasteiger partial charge in [0.05, 0.1) is 31.9 Å². The molecule has 4 N–H and O–H groups in total. The lowest BCUT2D eigenvalue weighted by molar-refractivity contribution is -0.0437. The van der Waals surface area contributed by atoms with Gasteiger partial charge in [-0.05, 0) is 0 Å². The molecule has 2 aliphatic rings. The predicted molar refractivity (Wildman–Crippen MR) is 65.8 cm³/mol. The van der Waals surface area contributed by atoms with Crippen LogP contribution in [0.4, 0.5) is 5.82 Å². The number of aromatic nitrogens is 2. The van der Waals surface area contributed by atoms with Gasteiger partial charge in [0.1, 0.15) is 29.9 Å². The second-order valence-corrected chi connectivity index (χ2v) is 4.65. The van der Waals surface area contributed by atoms with Crippen LogP contribution < -0.4 is 5.32 Å². The Morgan fingerprint density at radius 1 is 1.47 bits per heavy atom. The van der Waals surface area contributed by atoms with Gasteiger partial charge in [0, 0.05) is 6.42 Å². The minimum atomic E-state index is -0.762. The van der Waals surface area contributed by atoms with E-state index in [9.17, 15) is 10.2 Å². The quantitative estimate of drug-likeness (QED) is 0.548. The number of nitrogens with zero attached hydrogens (tertiary/aromatic N) is 3. The van der Waals surface area contributed by atoms with E-state index in [1.54, 1.807) is 10.9 Å². The fourth-order valence-corrected chi connectivity index (χ4v) is 2.38. The van der Waals surface area contributed by atoms with Gasteiger partial charge in [-0.1, -0.05) is 0 Å². The molecule has 1 aromatic rings. The van der Waals surface area contributed by atoms with Crippen LogP contribution in [0.25, 0.3) is 0 Å². The summed E-state index contributed by atoms with van der Waals surface area (Å²) < 4.78 is 7.27. The number of fused-ring (bicyclic) bond motifs is 1. The molecule has 0 amide bonds. The highest BCUT2D eigenvalue weighted by Gasteiger charge is 2.36. The lowest BCUT2D eigenvalue weighted by atomic mass is 10.2. The number of ether oxygens (including phenoxy) is 1. The Hall–Kier alpha value is -1.48. The summed E-state index contributed by atoms with van der Waals surface area (Å²) in [6.45, 7) is 0.0243. The van der Waals surface area contributed by atoms with E-state index in [0.717, 1.165) is 0 Å². The summed E-state index contributed by atoms with van der Waals surface area (Å²) in [6, 6.07) is 0. The Balaban J connectivity index is 1.89. The second kappa shape index (κ2) is 4.89. The van der Waals surface area contributed by atoms with Crippen LogP contribution in [0.5, 0.6) is 0 Å². The van der Waals surface area contributed by atoms with Crippen LogP contribution in [-0.4, -0.2) is 56.6 Å². The molecule has 3 rings (SSSR count). The number of anilines is 1. The van der Waals surface area contributed by atoms with E-state index in [2.05, 4.69) is 15.3 Å². The van der Waals surface area contributed by atoms with Crippen LogP contribution in [0.1, 0.15) is 24.4 Å². The maximum absolute atomic E-state index is 9.89. The zero-order valence-electron chi connectivity index (χ0n) is 10.2. The van der Waals surface area contributed by atoms with Gasteiger partial charge in [-0.3, -0.25) is 9.56 Å². The monoisotopic (exact) mass is 268 g/mol. The normalized spacial score (nSPS) is 33.8. The van der Waals surface area contributed by atoms with Crippen LogP contribution in [0.3, 0.4) is 0 Å². The molecule has 0 aromatic carbocycles. The van der Waals surface area contributed by atoms with Crippen LogP contribution in [-0.2, 0) is 4.74 Å². The molecule has 0 unspecified atom stereocenters. The minimum absolute atomic E-state index is 0.230. The van der Waals surface area contributed by atoms with Crippen molar-refractivity contribution in [3.8, 4) is 0 Å². The molecule has 0 radical (unpaired) electrons. The maximum Gasteiger partial charge on any atom is 0.139 e. The first kappa shape index (κ1) is 12.5. The molecule has 4 atom stereocenters. The fourth-order valence-electron chi connectivity index (χ4n) is 2.38. The molecule has 0 bridgehead atoms. The molecule has 0 saturated carbocycles. The van der Waals surface area contributed by atoms with Crippen molar-refractivity contribution in [3.05, 3.63) is 12.0 Å². The van der Waals surface area contributed by atoms with E-state index < -0.39 is 24.5 Å². The number of aliphatic hydroxyl groups excluding tert-OH is 3. The SMILES string of the molecule is OC[C@H]1O[C@@H](n2cnc3c2NC=NC[C@@H]3O)C[C@H]1O. The zero-order valence-corrected chi connectivity index (χ0v) is 10.2. The summed E-state index contributed by atoms with van der Waals surface area (Å²) in [5.41, 5.74) is 0.503. The standard InChI is InChI=1S/C11H16N4O4/c16-3-8-6(17)1-9(19-8)15-5-14-10-7(18)2-12-4-13-11(10)15/h4-9,16-18H,1-3H2,(H,12,13)/t6-,7+,8-,9-/m1/s1. The summed E-state index contributed by atoms with van der Waals surface area (Å²) in [6.07, 6.45) is 0.935. The van der Waals surface area contributed by atoms with E-state index in [0.29, 0.717) is 17.9 Å². The molecule has 0 spiro atoms. The first-order valence-corrected chi connectivity index (χ1v) is 6.14. The van der Waals surface area contributed by atoms with Gasteiger partial charge in [0.15, 0.2) is 0 Å². The molecule has 1 saturated heterocycles. The molecule has 1 fully saturated rings. The Bertz CT molecular complexity index is 489. The number of hydrogen-bond donors (Lipinski definition) is 4. The Kier molecular flexibility index (Phi) is 3.23. The molecule has 8 heteroatoms. The van der Waals surface area contributed by atoms with Crippen molar-refractivity contribution in [1.82, 2.24) is 9.55 Å². The van der Waals surface area contributed by atoms with Gasteiger partial charge < -0.3 is 25.4 Å². The largest absolute Gasteiger partial charge is 0.394 e. The van der Waals surface area contributed by atoms with Crippen LogP contribution in [0.2, 0.25) is 0 Å². The smallest absolute Gasteiger partial charge is 0.139 e. The van der Waals surface area contributed by atoms with E-state index in [-0.39, 0.29) is 13.2 Å². The second-order valence-electron chi connectivity index (χ2n) is 4.65. The number of imidazole rings is 1. The number of nitrogens with one attached hydrogen (secondary N) is 1. The first-order valence-electron chi connectivity index (χ1n) is 6.14. The number of rotatable bonds is 2. The third kappa shape index (κ3) is 2.12.